The monoisotopic (exact) mass is 307 g/mol. The van der Waals surface area contributed by atoms with Gasteiger partial charge in [0.05, 0.1) is 11.3 Å². The second-order valence-electron chi connectivity index (χ2n) is 4.26. The summed E-state index contributed by atoms with van der Waals surface area (Å²) in [6.45, 7) is 0. The zero-order valence-corrected chi connectivity index (χ0v) is 11.0. The minimum absolute atomic E-state index is 0.0403. The third-order valence-electron chi connectivity index (χ3n) is 2.60. The molecule has 0 aliphatic rings. The number of nitrogens with one attached hydrogen (secondary N) is 1. The van der Waals surface area contributed by atoms with E-state index in [-0.39, 0.29) is 11.3 Å². The smallest absolute Gasteiger partial charge is 0.317 e. The van der Waals surface area contributed by atoms with Crippen LogP contribution in [0.1, 0.15) is 11.1 Å². The highest BCUT2D eigenvalue weighted by Gasteiger charge is 2.38. The molecule has 0 atom stereocenters. The summed E-state index contributed by atoms with van der Waals surface area (Å²) in [5.41, 5.74) is 0.369. The average Bonchev–Trinajstić information content (AvgIpc) is 2.47. The predicted octanol–water partition coefficient (Wildman–Crippen LogP) is 3.73. The summed E-state index contributed by atoms with van der Waals surface area (Å²) in [5.74, 6) is 2.44. The van der Waals surface area contributed by atoms with E-state index in [1.165, 1.54) is 0 Å². The number of anilines is 1. The molecule has 0 aromatic heterocycles. The van der Waals surface area contributed by atoms with Crippen LogP contribution in [0.15, 0.2) is 48.5 Å². The highest BCUT2D eigenvalue weighted by molar-refractivity contribution is 5.96. The van der Waals surface area contributed by atoms with Gasteiger partial charge < -0.3 is 5.32 Å². The molecule has 0 aliphatic carbocycles. The maximum absolute atomic E-state index is 13.2. The van der Waals surface area contributed by atoms with Gasteiger partial charge in [0.1, 0.15) is 5.82 Å². The van der Waals surface area contributed by atoms with Crippen molar-refractivity contribution in [3.05, 3.63) is 65.5 Å². The Morgan fingerprint density at radius 2 is 1.68 bits per heavy atom. The van der Waals surface area contributed by atoms with Crippen molar-refractivity contribution in [3.8, 4) is 11.8 Å². The number of benzene rings is 2. The van der Waals surface area contributed by atoms with Gasteiger partial charge >= 0.3 is 12.1 Å². The van der Waals surface area contributed by atoms with Crippen LogP contribution in [-0.4, -0.2) is 12.1 Å². The highest BCUT2D eigenvalue weighted by Crippen LogP contribution is 2.21. The lowest BCUT2D eigenvalue weighted by molar-refractivity contribution is -0.167. The van der Waals surface area contributed by atoms with Crippen LogP contribution in [-0.2, 0) is 4.79 Å². The van der Waals surface area contributed by atoms with Crippen molar-refractivity contribution >= 4 is 11.6 Å². The molecule has 0 aliphatic heterocycles. The summed E-state index contributed by atoms with van der Waals surface area (Å²) in [5, 5.41) is 1.68. The zero-order valence-electron chi connectivity index (χ0n) is 11.0. The predicted molar refractivity (Wildman–Crippen MR) is 73.5 cm³/mol. The Hall–Kier alpha value is -2.81. The van der Waals surface area contributed by atoms with E-state index in [1.807, 2.05) is 0 Å². The van der Waals surface area contributed by atoms with E-state index in [9.17, 15) is 22.4 Å². The fourth-order valence-electron chi connectivity index (χ4n) is 1.58. The van der Waals surface area contributed by atoms with Gasteiger partial charge in [-0.1, -0.05) is 30.0 Å². The molecule has 0 heterocycles. The molecule has 0 saturated carbocycles. The second-order valence-corrected chi connectivity index (χ2v) is 4.26. The lowest BCUT2D eigenvalue weighted by Crippen LogP contribution is -2.30. The number of rotatable bonds is 1. The molecule has 1 N–H and O–H groups in total. The van der Waals surface area contributed by atoms with E-state index >= 15 is 0 Å². The Labute approximate surface area is 123 Å². The van der Waals surface area contributed by atoms with Crippen molar-refractivity contribution in [2.75, 3.05) is 5.32 Å². The number of halogens is 4. The molecule has 0 bridgehead atoms. The summed E-state index contributed by atoms with van der Waals surface area (Å²) >= 11 is 0. The van der Waals surface area contributed by atoms with Gasteiger partial charge in [-0.05, 0) is 30.3 Å². The van der Waals surface area contributed by atoms with E-state index in [1.54, 1.807) is 35.6 Å². The molecule has 2 rings (SSSR count). The standard InChI is InChI=1S/C16H9F4NO/c17-13-8-9-14(21-15(22)16(18,19)20)12(10-13)7-6-11-4-2-1-3-5-11/h1-5,8-10H,(H,21,22). The largest absolute Gasteiger partial charge is 0.471 e. The molecule has 0 saturated heterocycles. The molecule has 6 heteroatoms. The third-order valence-corrected chi connectivity index (χ3v) is 2.60. The number of hydrogen-bond acceptors (Lipinski definition) is 1. The van der Waals surface area contributed by atoms with Gasteiger partial charge in [0.15, 0.2) is 0 Å². The van der Waals surface area contributed by atoms with Gasteiger partial charge in [0.25, 0.3) is 0 Å². The zero-order chi connectivity index (χ0) is 16.2. The molecule has 2 aromatic carbocycles. The fourth-order valence-corrected chi connectivity index (χ4v) is 1.58. The Morgan fingerprint density at radius 1 is 1.00 bits per heavy atom. The SMILES string of the molecule is O=C(Nc1ccc(F)cc1C#Cc1ccccc1)C(F)(F)F. The minimum Gasteiger partial charge on any atom is -0.317 e. The molecule has 0 unspecified atom stereocenters. The Balaban J connectivity index is 2.33. The normalized spacial score (nSPS) is 10.5. The van der Waals surface area contributed by atoms with E-state index in [0.717, 1.165) is 18.2 Å². The van der Waals surface area contributed by atoms with Crippen LogP contribution in [0.5, 0.6) is 0 Å². The Bertz CT molecular complexity index is 742. The molecule has 1 amide bonds. The molecule has 0 spiro atoms. The van der Waals surface area contributed by atoms with Crippen molar-refractivity contribution in [2.24, 2.45) is 0 Å². The molecular weight excluding hydrogens is 298 g/mol. The molecule has 0 fully saturated rings. The number of carbonyl (C=O) groups excluding carboxylic acids is 1. The second kappa shape index (κ2) is 6.31. The van der Waals surface area contributed by atoms with Crippen molar-refractivity contribution in [1.29, 1.82) is 0 Å². The molecule has 2 aromatic rings. The summed E-state index contributed by atoms with van der Waals surface area (Å²) in [4.78, 5) is 11.0. The molecule has 2 nitrogen and oxygen atoms in total. The number of alkyl halides is 3. The lowest BCUT2D eigenvalue weighted by atomic mass is 10.1. The first-order chi connectivity index (χ1) is 10.4. The number of hydrogen-bond donors (Lipinski definition) is 1. The van der Waals surface area contributed by atoms with E-state index < -0.39 is 17.9 Å². The Kier molecular flexibility index (Phi) is 4.47. The van der Waals surface area contributed by atoms with Crippen LogP contribution >= 0.6 is 0 Å². The molecule has 112 valence electrons. The molecular formula is C16H9F4NO. The van der Waals surface area contributed by atoms with E-state index in [0.29, 0.717) is 5.56 Å². The number of carbonyl (C=O) groups is 1. The molecule has 0 radical (unpaired) electrons. The van der Waals surface area contributed by atoms with Gasteiger partial charge in [-0.25, -0.2) is 4.39 Å². The first kappa shape index (κ1) is 15.6. The van der Waals surface area contributed by atoms with Crippen LogP contribution < -0.4 is 5.32 Å². The number of amides is 1. The van der Waals surface area contributed by atoms with Gasteiger partial charge in [0, 0.05) is 5.56 Å². The van der Waals surface area contributed by atoms with Crippen molar-refractivity contribution in [3.63, 3.8) is 0 Å². The maximum Gasteiger partial charge on any atom is 0.471 e. The summed E-state index contributed by atoms with van der Waals surface area (Å²) in [6, 6.07) is 11.6. The van der Waals surface area contributed by atoms with Crippen LogP contribution in [0, 0.1) is 17.7 Å². The minimum atomic E-state index is -5.03. The summed E-state index contributed by atoms with van der Waals surface area (Å²) in [6.07, 6.45) is -5.03. The highest BCUT2D eigenvalue weighted by atomic mass is 19.4. The topological polar surface area (TPSA) is 29.1 Å². The molecule has 22 heavy (non-hydrogen) atoms. The maximum atomic E-state index is 13.2. The average molecular weight is 307 g/mol. The van der Waals surface area contributed by atoms with Crippen LogP contribution in [0.25, 0.3) is 0 Å². The first-order valence-corrected chi connectivity index (χ1v) is 6.11. The van der Waals surface area contributed by atoms with Crippen molar-refractivity contribution in [2.45, 2.75) is 6.18 Å². The first-order valence-electron chi connectivity index (χ1n) is 6.11. The van der Waals surface area contributed by atoms with E-state index in [4.69, 9.17) is 0 Å². The van der Waals surface area contributed by atoms with Gasteiger partial charge in [-0.3, -0.25) is 4.79 Å². The van der Waals surface area contributed by atoms with Crippen LogP contribution in [0.2, 0.25) is 0 Å². The Morgan fingerprint density at radius 3 is 2.32 bits per heavy atom. The van der Waals surface area contributed by atoms with Crippen molar-refractivity contribution < 1.29 is 22.4 Å². The van der Waals surface area contributed by atoms with Crippen LogP contribution in [0.3, 0.4) is 0 Å². The van der Waals surface area contributed by atoms with E-state index in [2.05, 4.69) is 11.8 Å². The summed E-state index contributed by atoms with van der Waals surface area (Å²) < 4.78 is 50.1. The van der Waals surface area contributed by atoms with Gasteiger partial charge in [-0.2, -0.15) is 13.2 Å². The van der Waals surface area contributed by atoms with Crippen molar-refractivity contribution in [1.82, 2.24) is 0 Å². The third kappa shape index (κ3) is 4.09. The fraction of sp³-hybridized carbons (Fsp3) is 0.0625. The quantitative estimate of drug-likeness (QED) is 0.631. The van der Waals surface area contributed by atoms with Gasteiger partial charge in [-0.15, -0.1) is 0 Å². The summed E-state index contributed by atoms with van der Waals surface area (Å²) in [7, 11) is 0. The lowest BCUT2D eigenvalue weighted by Gasteiger charge is -2.09. The van der Waals surface area contributed by atoms with Gasteiger partial charge in [0.2, 0.25) is 0 Å². The van der Waals surface area contributed by atoms with Crippen LogP contribution in [0.4, 0.5) is 23.2 Å².